The van der Waals surface area contributed by atoms with Gasteiger partial charge in [0.05, 0.1) is 31.8 Å². The average molecular weight is 384 g/mol. The van der Waals surface area contributed by atoms with Crippen LogP contribution in [0.2, 0.25) is 0 Å². The van der Waals surface area contributed by atoms with Gasteiger partial charge in [0.15, 0.2) is 0 Å². The van der Waals surface area contributed by atoms with Crippen molar-refractivity contribution in [3.8, 4) is 11.8 Å². The minimum Gasteiger partial charge on any atom is -0.480 e. The summed E-state index contributed by atoms with van der Waals surface area (Å²) in [6.07, 6.45) is 5.75. The Morgan fingerprint density at radius 2 is 2.19 bits per heavy atom. The van der Waals surface area contributed by atoms with Crippen molar-refractivity contribution in [3.05, 3.63) is 42.9 Å². The molecule has 8 heteroatoms. The highest BCUT2D eigenvalue weighted by atomic mass is 32.2. The predicted molar refractivity (Wildman–Crippen MR) is 103 cm³/mol. The molecule has 1 fully saturated rings. The Morgan fingerprint density at radius 1 is 1.33 bits per heavy atom. The number of hydrogen-bond acceptors (Lipinski definition) is 6. The number of aromatic nitrogens is 3. The number of methoxy groups -OCH3 is 1. The molecule has 1 unspecified atom stereocenters. The van der Waals surface area contributed by atoms with Gasteiger partial charge in [0, 0.05) is 35.0 Å². The Bertz CT molecular complexity index is 945. The monoisotopic (exact) mass is 384 g/mol. The van der Waals surface area contributed by atoms with Gasteiger partial charge in [-0.25, -0.2) is 0 Å². The van der Waals surface area contributed by atoms with Crippen molar-refractivity contribution in [1.82, 2.24) is 19.9 Å². The molecule has 140 valence electrons. The molecule has 0 saturated carbocycles. The molecule has 27 heavy (non-hydrogen) atoms. The maximum absolute atomic E-state index is 12.6. The maximum Gasteiger partial charge on any atom is 0.235 e. The summed E-state index contributed by atoms with van der Waals surface area (Å²) in [4.78, 5) is 27.0. The number of nitrogens with zero attached hydrogens (tertiary/aromatic N) is 3. The molecule has 0 spiro atoms. The van der Waals surface area contributed by atoms with E-state index >= 15 is 0 Å². The molecule has 1 aliphatic heterocycles. The van der Waals surface area contributed by atoms with Crippen molar-refractivity contribution < 1.29 is 14.3 Å². The van der Waals surface area contributed by atoms with Gasteiger partial charge in [-0.05, 0) is 6.07 Å². The fraction of sp³-hybridized carbons (Fsp3) is 0.316. The van der Waals surface area contributed by atoms with Crippen LogP contribution in [-0.4, -0.2) is 57.8 Å². The van der Waals surface area contributed by atoms with E-state index in [0.717, 1.165) is 22.2 Å². The van der Waals surface area contributed by atoms with Gasteiger partial charge >= 0.3 is 0 Å². The van der Waals surface area contributed by atoms with Gasteiger partial charge < -0.3 is 19.4 Å². The van der Waals surface area contributed by atoms with E-state index in [1.165, 1.54) is 13.3 Å². The van der Waals surface area contributed by atoms with E-state index in [4.69, 9.17) is 9.47 Å². The molecule has 7 nitrogen and oxygen atoms in total. The lowest BCUT2D eigenvalue weighted by Crippen LogP contribution is -2.32. The minimum atomic E-state index is -0.0755. The molecule has 1 atom stereocenters. The summed E-state index contributed by atoms with van der Waals surface area (Å²) >= 11 is 1.56. The van der Waals surface area contributed by atoms with Crippen LogP contribution >= 0.6 is 11.8 Å². The second kappa shape index (κ2) is 7.87. The Labute approximate surface area is 161 Å². The second-order valence-corrected chi connectivity index (χ2v) is 7.27. The molecule has 1 amide bonds. The van der Waals surface area contributed by atoms with Crippen LogP contribution in [0.4, 0.5) is 0 Å². The standard InChI is InChI=1S/C19H20N4O3S/c1-25-17-9-20-10-18(22-17)26-13-6-7-23(11-13)19(24)12-27-16-8-21-15-5-3-2-4-14(15)16/h2-5,8-10,13,21H,6-7,11-12H2,1H3. The molecule has 2 aromatic heterocycles. The third-order valence-electron chi connectivity index (χ3n) is 4.49. The van der Waals surface area contributed by atoms with Crippen molar-refractivity contribution in [2.75, 3.05) is 26.0 Å². The molecule has 4 rings (SSSR count). The van der Waals surface area contributed by atoms with Gasteiger partial charge in [-0.1, -0.05) is 18.2 Å². The van der Waals surface area contributed by atoms with Crippen LogP contribution in [0, 0.1) is 0 Å². The van der Waals surface area contributed by atoms with E-state index in [9.17, 15) is 4.79 Å². The number of likely N-dealkylation sites (tertiary alicyclic amines) is 1. The summed E-state index contributed by atoms with van der Waals surface area (Å²) in [6, 6.07) is 8.10. The number of H-pyrrole nitrogens is 1. The smallest absolute Gasteiger partial charge is 0.235 e. The quantitative estimate of drug-likeness (QED) is 0.658. The first kappa shape index (κ1) is 17.7. The molecule has 0 aliphatic carbocycles. The third-order valence-corrected chi connectivity index (χ3v) is 5.53. The third kappa shape index (κ3) is 4.00. The molecule has 3 aromatic rings. The Balaban J connectivity index is 1.31. The first-order valence-corrected chi connectivity index (χ1v) is 9.71. The molecule has 1 N–H and O–H groups in total. The number of hydrogen-bond donors (Lipinski definition) is 1. The van der Waals surface area contributed by atoms with Crippen molar-refractivity contribution in [2.24, 2.45) is 0 Å². The normalized spacial score (nSPS) is 16.6. The van der Waals surface area contributed by atoms with Crippen LogP contribution < -0.4 is 9.47 Å². The molecule has 0 bridgehead atoms. The zero-order chi connectivity index (χ0) is 18.6. The van der Waals surface area contributed by atoms with E-state index in [1.807, 2.05) is 29.3 Å². The highest BCUT2D eigenvalue weighted by Gasteiger charge is 2.28. The number of carbonyl (C=O) groups is 1. The number of amides is 1. The number of carbonyl (C=O) groups excluding carboxylic acids is 1. The summed E-state index contributed by atoms with van der Waals surface area (Å²) in [5.41, 5.74) is 1.08. The van der Waals surface area contributed by atoms with Crippen molar-refractivity contribution in [1.29, 1.82) is 0 Å². The SMILES string of the molecule is COc1cncc(OC2CCN(C(=O)CSc3c[nH]c4ccccc34)C2)n1. The molecule has 1 saturated heterocycles. The van der Waals surface area contributed by atoms with Crippen LogP contribution in [0.1, 0.15) is 6.42 Å². The number of fused-ring (bicyclic) bond motifs is 1. The van der Waals surface area contributed by atoms with Gasteiger partial charge in [-0.2, -0.15) is 4.98 Å². The van der Waals surface area contributed by atoms with Gasteiger partial charge in [-0.15, -0.1) is 11.8 Å². The van der Waals surface area contributed by atoms with E-state index in [0.29, 0.717) is 30.6 Å². The molecular formula is C19H20N4O3S. The first-order chi connectivity index (χ1) is 13.2. The summed E-state index contributed by atoms with van der Waals surface area (Å²) in [6.45, 7) is 1.25. The lowest BCUT2D eigenvalue weighted by molar-refractivity contribution is -0.127. The van der Waals surface area contributed by atoms with Gasteiger partial charge in [0.25, 0.3) is 0 Å². The number of thioether (sulfide) groups is 1. The van der Waals surface area contributed by atoms with Crippen molar-refractivity contribution in [3.63, 3.8) is 0 Å². The number of rotatable bonds is 6. The van der Waals surface area contributed by atoms with Crippen LogP contribution in [0.15, 0.2) is 47.8 Å². The topological polar surface area (TPSA) is 80.3 Å². The number of aromatic amines is 1. The minimum absolute atomic E-state index is 0.0755. The number of benzene rings is 1. The van der Waals surface area contributed by atoms with Gasteiger partial charge in [0.1, 0.15) is 6.10 Å². The van der Waals surface area contributed by atoms with Crippen molar-refractivity contribution >= 4 is 28.6 Å². The van der Waals surface area contributed by atoms with Gasteiger partial charge in [-0.3, -0.25) is 9.78 Å². The number of ether oxygens (including phenoxy) is 2. The van der Waals surface area contributed by atoms with E-state index < -0.39 is 0 Å². The largest absolute Gasteiger partial charge is 0.480 e. The van der Waals surface area contributed by atoms with E-state index in [2.05, 4.69) is 21.0 Å². The van der Waals surface area contributed by atoms with Crippen LogP contribution in [0.25, 0.3) is 10.9 Å². The fourth-order valence-corrected chi connectivity index (χ4v) is 4.04. The predicted octanol–water partition coefficient (Wildman–Crippen LogP) is 2.74. The summed E-state index contributed by atoms with van der Waals surface area (Å²) < 4.78 is 10.9. The summed E-state index contributed by atoms with van der Waals surface area (Å²) in [5.74, 6) is 1.36. The average Bonchev–Trinajstić information content (AvgIpc) is 3.33. The first-order valence-electron chi connectivity index (χ1n) is 8.72. The zero-order valence-corrected chi connectivity index (χ0v) is 15.7. The van der Waals surface area contributed by atoms with Gasteiger partial charge in [0.2, 0.25) is 17.7 Å². The second-order valence-electron chi connectivity index (χ2n) is 6.26. The Morgan fingerprint density at radius 3 is 3.07 bits per heavy atom. The maximum atomic E-state index is 12.6. The molecule has 1 aliphatic rings. The number of nitrogens with one attached hydrogen (secondary N) is 1. The Hall–Kier alpha value is -2.74. The molecule has 3 heterocycles. The lowest BCUT2D eigenvalue weighted by atomic mass is 10.2. The van der Waals surface area contributed by atoms with Crippen LogP contribution in [0.5, 0.6) is 11.8 Å². The van der Waals surface area contributed by atoms with E-state index in [1.54, 1.807) is 18.0 Å². The van der Waals surface area contributed by atoms with Crippen LogP contribution in [0.3, 0.4) is 0 Å². The summed E-state index contributed by atoms with van der Waals surface area (Å²) in [5, 5.41) is 1.15. The zero-order valence-electron chi connectivity index (χ0n) is 14.9. The highest BCUT2D eigenvalue weighted by molar-refractivity contribution is 8.00. The number of para-hydroxylation sites is 1. The Kier molecular flexibility index (Phi) is 5.15. The van der Waals surface area contributed by atoms with E-state index in [-0.39, 0.29) is 12.0 Å². The summed E-state index contributed by atoms with van der Waals surface area (Å²) in [7, 11) is 1.54. The van der Waals surface area contributed by atoms with Crippen molar-refractivity contribution in [2.45, 2.75) is 17.4 Å². The molecule has 1 aromatic carbocycles. The molecule has 0 radical (unpaired) electrons. The molecular weight excluding hydrogens is 364 g/mol. The fourth-order valence-electron chi connectivity index (χ4n) is 3.10. The lowest BCUT2D eigenvalue weighted by Gasteiger charge is -2.16. The highest BCUT2D eigenvalue weighted by Crippen LogP contribution is 2.28. The van der Waals surface area contributed by atoms with Crippen LogP contribution in [-0.2, 0) is 4.79 Å².